The normalized spacial score (nSPS) is 11.9. The SMILES string of the molecule is COCCNC(=NCc1cc(C(C)C)no1)NCc1cccs1. The van der Waals surface area contributed by atoms with Crippen LogP contribution < -0.4 is 10.6 Å². The summed E-state index contributed by atoms with van der Waals surface area (Å²) in [6.45, 7) is 6.69. The van der Waals surface area contributed by atoms with Crippen molar-refractivity contribution in [1.29, 1.82) is 0 Å². The number of methoxy groups -OCH3 is 1. The van der Waals surface area contributed by atoms with E-state index in [1.807, 2.05) is 12.1 Å². The molecule has 0 aromatic carbocycles. The zero-order chi connectivity index (χ0) is 16.5. The Bertz CT molecular complexity index is 593. The van der Waals surface area contributed by atoms with Gasteiger partial charge in [-0.3, -0.25) is 0 Å². The number of aliphatic imine (C=N–C) groups is 1. The number of guanidine groups is 1. The highest BCUT2D eigenvalue weighted by atomic mass is 32.1. The number of aromatic nitrogens is 1. The van der Waals surface area contributed by atoms with Gasteiger partial charge in [-0.05, 0) is 17.4 Å². The minimum absolute atomic E-state index is 0.354. The molecule has 0 aliphatic heterocycles. The van der Waals surface area contributed by atoms with Crippen LogP contribution in [0.3, 0.4) is 0 Å². The van der Waals surface area contributed by atoms with Crippen molar-refractivity contribution in [3.63, 3.8) is 0 Å². The first kappa shape index (κ1) is 17.5. The second kappa shape index (κ2) is 9.32. The topological polar surface area (TPSA) is 71.7 Å². The Labute approximate surface area is 140 Å². The van der Waals surface area contributed by atoms with E-state index in [0.29, 0.717) is 25.6 Å². The number of nitrogens with zero attached hydrogens (tertiary/aromatic N) is 2. The van der Waals surface area contributed by atoms with Crippen molar-refractivity contribution >= 4 is 17.3 Å². The zero-order valence-corrected chi connectivity index (χ0v) is 14.7. The van der Waals surface area contributed by atoms with Crippen molar-refractivity contribution in [3.05, 3.63) is 39.9 Å². The molecule has 2 aromatic rings. The average molecular weight is 336 g/mol. The van der Waals surface area contributed by atoms with Crippen LogP contribution in [0.2, 0.25) is 0 Å². The molecule has 6 nitrogen and oxygen atoms in total. The van der Waals surface area contributed by atoms with E-state index in [9.17, 15) is 0 Å². The highest BCUT2D eigenvalue weighted by molar-refractivity contribution is 7.09. The van der Waals surface area contributed by atoms with Gasteiger partial charge in [0.05, 0.1) is 18.8 Å². The first-order chi connectivity index (χ1) is 11.2. The lowest BCUT2D eigenvalue weighted by Crippen LogP contribution is -2.38. The highest BCUT2D eigenvalue weighted by Crippen LogP contribution is 2.14. The molecule has 126 valence electrons. The first-order valence-electron chi connectivity index (χ1n) is 7.68. The van der Waals surface area contributed by atoms with Crippen LogP contribution in [-0.2, 0) is 17.8 Å². The van der Waals surface area contributed by atoms with Crippen LogP contribution in [0.15, 0.2) is 33.1 Å². The second-order valence-corrected chi connectivity index (χ2v) is 6.42. The third-order valence-electron chi connectivity index (χ3n) is 3.17. The Morgan fingerprint density at radius 3 is 2.96 bits per heavy atom. The molecule has 23 heavy (non-hydrogen) atoms. The van der Waals surface area contributed by atoms with E-state index in [0.717, 1.165) is 24.0 Å². The minimum atomic E-state index is 0.354. The summed E-state index contributed by atoms with van der Waals surface area (Å²) in [5.74, 6) is 1.85. The van der Waals surface area contributed by atoms with E-state index in [-0.39, 0.29) is 0 Å². The number of ether oxygens (including phenoxy) is 1. The first-order valence-corrected chi connectivity index (χ1v) is 8.56. The van der Waals surface area contributed by atoms with Crippen LogP contribution in [0.4, 0.5) is 0 Å². The van der Waals surface area contributed by atoms with Gasteiger partial charge in [0.2, 0.25) is 0 Å². The van der Waals surface area contributed by atoms with Crippen molar-refractivity contribution < 1.29 is 9.26 Å². The smallest absolute Gasteiger partial charge is 0.192 e. The summed E-state index contributed by atoms with van der Waals surface area (Å²) in [5, 5.41) is 12.7. The van der Waals surface area contributed by atoms with Gasteiger partial charge in [-0.15, -0.1) is 11.3 Å². The maximum atomic E-state index is 5.32. The number of rotatable bonds is 8. The summed E-state index contributed by atoms with van der Waals surface area (Å²) in [5.41, 5.74) is 0.954. The fraction of sp³-hybridized carbons (Fsp3) is 0.500. The number of thiophene rings is 1. The fourth-order valence-corrected chi connectivity index (χ4v) is 2.51. The lowest BCUT2D eigenvalue weighted by Gasteiger charge is -2.11. The molecule has 0 amide bonds. The van der Waals surface area contributed by atoms with Gasteiger partial charge in [-0.1, -0.05) is 25.1 Å². The van der Waals surface area contributed by atoms with Gasteiger partial charge in [-0.2, -0.15) is 0 Å². The molecule has 0 aliphatic carbocycles. The quantitative estimate of drug-likeness (QED) is 0.441. The van der Waals surface area contributed by atoms with Crippen LogP contribution in [0.25, 0.3) is 0 Å². The number of hydrogen-bond donors (Lipinski definition) is 2. The number of nitrogens with one attached hydrogen (secondary N) is 2. The molecule has 0 radical (unpaired) electrons. The molecule has 0 aliphatic rings. The molecule has 0 atom stereocenters. The van der Waals surface area contributed by atoms with Crippen LogP contribution >= 0.6 is 11.3 Å². The molecule has 7 heteroatoms. The minimum Gasteiger partial charge on any atom is -0.383 e. The largest absolute Gasteiger partial charge is 0.383 e. The summed E-state index contributed by atoms with van der Waals surface area (Å²) in [7, 11) is 1.68. The summed E-state index contributed by atoms with van der Waals surface area (Å²) in [6.07, 6.45) is 0. The van der Waals surface area contributed by atoms with Crippen molar-refractivity contribution in [2.24, 2.45) is 4.99 Å². The monoisotopic (exact) mass is 336 g/mol. The van der Waals surface area contributed by atoms with Crippen molar-refractivity contribution in [2.75, 3.05) is 20.3 Å². The van der Waals surface area contributed by atoms with E-state index in [4.69, 9.17) is 9.26 Å². The van der Waals surface area contributed by atoms with E-state index in [2.05, 4.69) is 46.1 Å². The van der Waals surface area contributed by atoms with Gasteiger partial charge in [0.25, 0.3) is 0 Å². The maximum absolute atomic E-state index is 5.32. The molecule has 2 N–H and O–H groups in total. The molecule has 2 aromatic heterocycles. The van der Waals surface area contributed by atoms with Crippen molar-refractivity contribution in [2.45, 2.75) is 32.9 Å². The molecular formula is C16H24N4O2S. The van der Waals surface area contributed by atoms with Crippen LogP contribution in [-0.4, -0.2) is 31.4 Å². The molecule has 0 bridgehead atoms. The van der Waals surface area contributed by atoms with Crippen LogP contribution in [0, 0.1) is 0 Å². The Kier molecular flexibility index (Phi) is 7.09. The third-order valence-corrected chi connectivity index (χ3v) is 4.05. The predicted octanol–water partition coefficient (Wildman–Crippen LogP) is 2.74. The summed E-state index contributed by atoms with van der Waals surface area (Å²) < 4.78 is 10.4. The van der Waals surface area contributed by atoms with Gasteiger partial charge in [0.1, 0.15) is 6.54 Å². The molecule has 0 saturated heterocycles. The third kappa shape index (κ3) is 6.03. The van der Waals surface area contributed by atoms with E-state index in [1.165, 1.54) is 4.88 Å². The Morgan fingerprint density at radius 1 is 1.43 bits per heavy atom. The predicted molar refractivity (Wildman–Crippen MR) is 92.8 cm³/mol. The summed E-state index contributed by atoms with van der Waals surface area (Å²) in [6, 6.07) is 6.09. The van der Waals surface area contributed by atoms with Gasteiger partial charge in [-0.25, -0.2) is 4.99 Å². The zero-order valence-electron chi connectivity index (χ0n) is 13.8. The van der Waals surface area contributed by atoms with E-state index in [1.54, 1.807) is 18.4 Å². The molecule has 0 saturated carbocycles. The maximum Gasteiger partial charge on any atom is 0.192 e. The highest BCUT2D eigenvalue weighted by Gasteiger charge is 2.07. The molecule has 0 unspecified atom stereocenters. The molecular weight excluding hydrogens is 312 g/mol. The molecule has 2 heterocycles. The second-order valence-electron chi connectivity index (χ2n) is 5.39. The van der Waals surface area contributed by atoms with Gasteiger partial charge in [0.15, 0.2) is 11.7 Å². The molecule has 2 rings (SSSR count). The Morgan fingerprint density at radius 2 is 2.30 bits per heavy atom. The van der Waals surface area contributed by atoms with Gasteiger partial charge < -0.3 is 19.9 Å². The standard InChI is InChI=1S/C16H24N4O2S/c1-12(2)15-9-13(22-20-15)10-18-16(17-6-7-21-3)19-11-14-5-4-8-23-14/h4-5,8-9,12H,6-7,10-11H2,1-3H3,(H2,17,18,19). The van der Waals surface area contributed by atoms with Gasteiger partial charge >= 0.3 is 0 Å². The summed E-state index contributed by atoms with van der Waals surface area (Å²) in [4.78, 5) is 5.81. The van der Waals surface area contributed by atoms with Crippen molar-refractivity contribution in [1.82, 2.24) is 15.8 Å². The van der Waals surface area contributed by atoms with E-state index >= 15 is 0 Å². The summed E-state index contributed by atoms with van der Waals surface area (Å²) >= 11 is 1.72. The Balaban J connectivity index is 1.93. The number of hydrogen-bond acceptors (Lipinski definition) is 5. The van der Waals surface area contributed by atoms with Gasteiger partial charge in [0, 0.05) is 24.6 Å². The van der Waals surface area contributed by atoms with Crippen LogP contribution in [0.1, 0.15) is 36.1 Å². The van der Waals surface area contributed by atoms with E-state index < -0.39 is 0 Å². The molecule has 0 fully saturated rings. The average Bonchev–Trinajstić information content (AvgIpc) is 3.20. The molecule has 0 spiro atoms. The lowest BCUT2D eigenvalue weighted by molar-refractivity contribution is 0.203. The Hall–Kier alpha value is -1.86. The van der Waals surface area contributed by atoms with Crippen LogP contribution in [0.5, 0.6) is 0 Å². The fourth-order valence-electron chi connectivity index (χ4n) is 1.86. The lowest BCUT2D eigenvalue weighted by atomic mass is 10.1. The van der Waals surface area contributed by atoms with Crippen molar-refractivity contribution in [3.8, 4) is 0 Å².